The van der Waals surface area contributed by atoms with Gasteiger partial charge in [0, 0.05) is 13.1 Å². The SMILES string of the molecule is c1ccc(CCN2CC[C@@H](COC(c3ccccc3)c3ccccc3)C2)cc1. The van der Waals surface area contributed by atoms with Crippen LogP contribution in [-0.4, -0.2) is 31.1 Å². The molecule has 2 heteroatoms. The fourth-order valence-corrected chi connectivity index (χ4v) is 4.06. The van der Waals surface area contributed by atoms with Crippen LogP contribution in [0.25, 0.3) is 0 Å². The van der Waals surface area contributed by atoms with Crippen LogP contribution in [0.15, 0.2) is 91.0 Å². The molecule has 0 spiro atoms. The Hall–Kier alpha value is -2.42. The first kappa shape index (κ1) is 18.9. The third-order valence-corrected chi connectivity index (χ3v) is 5.63. The quantitative estimate of drug-likeness (QED) is 0.529. The first-order chi connectivity index (χ1) is 13.9. The predicted molar refractivity (Wildman–Crippen MR) is 115 cm³/mol. The van der Waals surface area contributed by atoms with E-state index in [-0.39, 0.29) is 6.10 Å². The van der Waals surface area contributed by atoms with Gasteiger partial charge in [-0.25, -0.2) is 0 Å². The summed E-state index contributed by atoms with van der Waals surface area (Å²) >= 11 is 0. The summed E-state index contributed by atoms with van der Waals surface area (Å²) < 4.78 is 6.48. The number of rotatable bonds is 8. The lowest BCUT2D eigenvalue weighted by molar-refractivity contribution is 0.0538. The first-order valence-electron chi connectivity index (χ1n) is 10.4. The van der Waals surface area contributed by atoms with Gasteiger partial charge in [-0.1, -0.05) is 91.0 Å². The zero-order valence-corrected chi connectivity index (χ0v) is 16.4. The van der Waals surface area contributed by atoms with Gasteiger partial charge in [0.2, 0.25) is 0 Å². The summed E-state index contributed by atoms with van der Waals surface area (Å²) in [6.45, 7) is 4.28. The minimum atomic E-state index is 0.0146. The average Bonchev–Trinajstić information content (AvgIpc) is 3.23. The molecule has 3 aromatic carbocycles. The molecule has 3 aromatic rings. The van der Waals surface area contributed by atoms with Crippen LogP contribution in [0, 0.1) is 5.92 Å². The van der Waals surface area contributed by atoms with Crippen molar-refractivity contribution in [2.24, 2.45) is 5.92 Å². The van der Waals surface area contributed by atoms with E-state index in [4.69, 9.17) is 4.74 Å². The van der Waals surface area contributed by atoms with Crippen molar-refractivity contribution < 1.29 is 4.74 Å². The Morgan fingerprint density at radius 1 is 0.786 bits per heavy atom. The van der Waals surface area contributed by atoms with E-state index in [0.717, 1.165) is 26.1 Å². The standard InChI is InChI=1S/C26H29NO/c1-4-10-22(11-5-1)16-18-27-19-17-23(20-27)21-28-26(24-12-6-2-7-13-24)25-14-8-3-9-15-25/h1-15,23,26H,16-21H2/t23-/m1/s1. The predicted octanol–water partition coefficient (Wildman–Crippen LogP) is 5.36. The van der Waals surface area contributed by atoms with E-state index >= 15 is 0 Å². The van der Waals surface area contributed by atoms with Crippen molar-refractivity contribution in [3.8, 4) is 0 Å². The second-order valence-corrected chi connectivity index (χ2v) is 7.73. The van der Waals surface area contributed by atoms with Crippen molar-refractivity contribution in [3.05, 3.63) is 108 Å². The van der Waals surface area contributed by atoms with Gasteiger partial charge in [-0.15, -0.1) is 0 Å². The summed E-state index contributed by atoms with van der Waals surface area (Å²) in [7, 11) is 0. The van der Waals surface area contributed by atoms with Crippen molar-refractivity contribution in [1.29, 1.82) is 0 Å². The number of hydrogen-bond acceptors (Lipinski definition) is 2. The molecule has 0 amide bonds. The molecule has 144 valence electrons. The molecule has 1 aliphatic heterocycles. The highest BCUT2D eigenvalue weighted by atomic mass is 16.5. The van der Waals surface area contributed by atoms with Crippen LogP contribution in [0.5, 0.6) is 0 Å². The zero-order chi connectivity index (χ0) is 19.0. The van der Waals surface area contributed by atoms with Crippen LogP contribution >= 0.6 is 0 Å². The van der Waals surface area contributed by atoms with E-state index in [9.17, 15) is 0 Å². The molecule has 1 fully saturated rings. The number of ether oxygens (including phenoxy) is 1. The van der Waals surface area contributed by atoms with Crippen LogP contribution < -0.4 is 0 Å². The topological polar surface area (TPSA) is 12.5 Å². The molecular formula is C26H29NO. The summed E-state index contributed by atoms with van der Waals surface area (Å²) in [5, 5.41) is 0. The van der Waals surface area contributed by atoms with Crippen LogP contribution in [0.2, 0.25) is 0 Å². The van der Waals surface area contributed by atoms with Gasteiger partial charge in [0.1, 0.15) is 6.10 Å². The lowest BCUT2D eigenvalue weighted by Gasteiger charge is -2.22. The number of hydrogen-bond donors (Lipinski definition) is 0. The zero-order valence-electron chi connectivity index (χ0n) is 16.4. The Balaban J connectivity index is 1.32. The molecule has 1 heterocycles. The minimum absolute atomic E-state index is 0.0146. The van der Waals surface area contributed by atoms with E-state index in [1.807, 2.05) is 0 Å². The van der Waals surface area contributed by atoms with Crippen LogP contribution in [0.4, 0.5) is 0 Å². The third-order valence-electron chi connectivity index (χ3n) is 5.63. The summed E-state index contributed by atoms with van der Waals surface area (Å²) in [6, 6.07) is 31.9. The lowest BCUT2D eigenvalue weighted by atomic mass is 10.0. The third kappa shape index (κ3) is 5.09. The van der Waals surface area contributed by atoms with Crippen LogP contribution in [0.3, 0.4) is 0 Å². The second-order valence-electron chi connectivity index (χ2n) is 7.73. The van der Waals surface area contributed by atoms with Gasteiger partial charge >= 0.3 is 0 Å². The maximum atomic E-state index is 6.48. The number of likely N-dealkylation sites (tertiary alicyclic amines) is 1. The smallest absolute Gasteiger partial charge is 0.108 e. The highest BCUT2D eigenvalue weighted by molar-refractivity contribution is 5.29. The van der Waals surface area contributed by atoms with Gasteiger partial charge in [-0.3, -0.25) is 0 Å². The van der Waals surface area contributed by atoms with Crippen LogP contribution in [-0.2, 0) is 11.2 Å². The van der Waals surface area contributed by atoms with Gasteiger partial charge in [0.05, 0.1) is 6.61 Å². The van der Waals surface area contributed by atoms with Gasteiger partial charge in [0.25, 0.3) is 0 Å². The summed E-state index contributed by atoms with van der Waals surface area (Å²) in [6.07, 6.45) is 2.37. The van der Waals surface area contributed by atoms with Gasteiger partial charge < -0.3 is 9.64 Å². The largest absolute Gasteiger partial charge is 0.368 e. The summed E-state index contributed by atoms with van der Waals surface area (Å²) in [4.78, 5) is 2.58. The molecule has 0 N–H and O–H groups in total. The Morgan fingerprint density at radius 2 is 1.36 bits per heavy atom. The van der Waals surface area contributed by atoms with E-state index in [0.29, 0.717) is 5.92 Å². The van der Waals surface area contributed by atoms with E-state index in [1.54, 1.807) is 0 Å². The second kappa shape index (κ2) is 9.68. The van der Waals surface area contributed by atoms with Gasteiger partial charge in [0.15, 0.2) is 0 Å². The highest BCUT2D eigenvalue weighted by Crippen LogP contribution is 2.28. The lowest BCUT2D eigenvalue weighted by Crippen LogP contribution is -2.24. The van der Waals surface area contributed by atoms with E-state index < -0.39 is 0 Å². The number of benzene rings is 3. The molecule has 1 saturated heterocycles. The number of nitrogens with zero attached hydrogens (tertiary/aromatic N) is 1. The normalized spacial score (nSPS) is 17.2. The van der Waals surface area contributed by atoms with Crippen molar-refractivity contribution in [2.75, 3.05) is 26.2 Å². The maximum Gasteiger partial charge on any atom is 0.108 e. The van der Waals surface area contributed by atoms with Crippen molar-refractivity contribution >= 4 is 0 Å². The highest BCUT2D eigenvalue weighted by Gasteiger charge is 2.24. The van der Waals surface area contributed by atoms with Crippen molar-refractivity contribution in [3.63, 3.8) is 0 Å². The summed E-state index contributed by atoms with van der Waals surface area (Å²) in [5.74, 6) is 0.616. The fourth-order valence-electron chi connectivity index (χ4n) is 4.06. The Morgan fingerprint density at radius 3 is 1.96 bits per heavy atom. The molecule has 0 bridgehead atoms. The van der Waals surface area contributed by atoms with Crippen molar-refractivity contribution in [1.82, 2.24) is 4.90 Å². The molecule has 0 unspecified atom stereocenters. The monoisotopic (exact) mass is 371 g/mol. The minimum Gasteiger partial charge on any atom is -0.368 e. The molecule has 0 saturated carbocycles. The van der Waals surface area contributed by atoms with E-state index in [1.165, 1.54) is 29.7 Å². The Kier molecular flexibility index (Phi) is 6.54. The molecule has 0 aliphatic carbocycles. The molecular weight excluding hydrogens is 342 g/mol. The average molecular weight is 372 g/mol. The first-order valence-corrected chi connectivity index (χ1v) is 10.4. The van der Waals surface area contributed by atoms with Gasteiger partial charge in [-0.05, 0) is 42.0 Å². The Labute approximate surface area is 168 Å². The molecule has 1 aliphatic rings. The molecule has 0 radical (unpaired) electrons. The van der Waals surface area contributed by atoms with Crippen LogP contribution in [0.1, 0.15) is 29.2 Å². The molecule has 0 aromatic heterocycles. The van der Waals surface area contributed by atoms with E-state index in [2.05, 4.69) is 95.9 Å². The molecule has 4 rings (SSSR count). The maximum absolute atomic E-state index is 6.48. The van der Waals surface area contributed by atoms with Crippen molar-refractivity contribution in [2.45, 2.75) is 18.9 Å². The van der Waals surface area contributed by atoms with Gasteiger partial charge in [-0.2, -0.15) is 0 Å². The molecule has 28 heavy (non-hydrogen) atoms. The Bertz CT molecular complexity index is 779. The molecule has 1 atom stereocenters. The molecule has 2 nitrogen and oxygen atoms in total. The fraction of sp³-hybridized carbons (Fsp3) is 0.308. The summed E-state index contributed by atoms with van der Waals surface area (Å²) in [5.41, 5.74) is 3.88.